The van der Waals surface area contributed by atoms with E-state index in [1.165, 1.54) is 0 Å². The molecule has 9 heavy (non-hydrogen) atoms. The van der Waals surface area contributed by atoms with Crippen LogP contribution in [-0.4, -0.2) is 26.4 Å². The second kappa shape index (κ2) is 8.27. The van der Waals surface area contributed by atoms with Gasteiger partial charge in [-0.1, -0.05) is 13.8 Å². The summed E-state index contributed by atoms with van der Waals surface area (Å²) in [5.41, 5.74) is 0. The minimum Gasteiger partial charge on any atom is -0.396 e. The van der Waals surface area contributed by atoms with Crippen LogP contribution in [0.25, 0.3) is 0 Å². The highest BCUT2D eigenvalue weighted by Gasteiger charge is 1.81. The summed E-state index contributed by atoms with van der Waals surface area (Å²) in [7, 11) is -2.62. The third-order valence-electron chi connectivity index (χ3n) is 0.365. The summed E-state index contributed by atoms with van der Waals surface area (Å²) in [6.45, 7) is 4.25. The Labute approximate surface area is 55.8 Å². The van der Waals surface area contributed by atoms with Crippen molar-refractivity contribution in [3.8, 4) is 0 Å². The molecule has 0 radical (unpaired) electrons. The van der Waals surface area contributed by atoms with Crippen LogP contribution in [0.15, 0.2) is 0 Å². The maximum absolute atomic E-state index is 8.14. The fourth-order valence-corrected chi connectivity index (χ4v) is 0. The van der Waals surface area contributed by atoms with E-state index in [-0.39, 0.29) is 0 Å². The van der Waals surface area contributed by atoms with Gasteiger partial charge in [-0.25, -0.2) is 0 Å². The van der Waals surface area contributed by atoms with E-state index in [2.05, 4.69) is 0 Å². The maximum atomic E-state index is 8.14. The molecule has 0 saturated carbocycles. The average Bonchev–Trinajstić information content (AvgIpc) is 1.65. The van der Waals surface area contributed by atoms with Gasteiger partial charge in [0.05, 0.1) is 0 Å². The summed E-state index contributed by atoms with van der Waals surface area (Å²) in [4.78, 5) is 21.7. The Kier molecular flexibility index (Phi) is 11.0. The van der Waals surface area contributed by atoms with Crippen molar-refractivity contribution in [1.82, 2.24) is 0 Å². The Bertz CT molecular complexity index is 45.1. The first-order valence-electron chi connectivity index (χ1n) is 2.48. The molecule has 0 aliphatic carbocycles. The summed E-state index contributed by atoms with van der Waals surface area (Å²) in [5, 5.41) is 8.14. The van der Waals surface area contributed by atoms with Crippen LogP contribution in [0.2, 0.25) is 0 Å². The van der Waals surface area contributed by atoms with Crippen molar-refractivity contribution in [2.45, 2.75) is 13.8 Å². The van der Waals surface area contributed by atoms with Gasteiger partial charge in [0, 0.05) is 6.61 Å². The van der Waals surface area contributed by atoms with Gasteiger partial charge in [-0.15, -0.1) is 0 Å². The zero-order valence-electron chi connectivity index (χ0n) is 5.52. The van der Waals surface area contributed by atoms with Crippen molar-refractivity contribution in [1.29, 1.82) is 0 Å². The van der Waals surface area contributed by atoms with Gasteiger partial charge in [-0.3, -0.25) is 0 Å². The summed E-state index contributed by atoms with van der Waals surface area (Å²) in [6.07, 6.45) is 0. The number of hydrogen-bond acceptors (Lipinski definition) is 4. The van der Waals surface area contributed by atoms with E-state index in [0.29, 0.717) is 12.5 Å². The standard InChI is InChI=1S/C4H10O.H3O3P/c1-4(2)3-5;1-4(2)3/h4-5H,3H2,1-2H3;1-3H. The largest absolute Gasteiger partial charge is 0.396 e. The molecule has 0 aliphatic heterocycles. The molecule has 0 rings (SSSR count). The molecule has 0 saturated heterocycles. The number of aliphatic hydroxyl groups excluding tert-OH is 1. The third-order valence-corrected chi connectivity index (χ3v) is 0.365. The molecule has 0 aromatic heterocycles. The highest BCUT2D eigenvalue weighted by molar-refractivity contribution is 7.38. The highest BCUT2D eigenvalue weighted by Crippen LogP contribution is 2.11. The SMILES string of the molecule is CC(C)CO.OP(O)O. The normalized spacial score (nSPS) is 9.33. The van der Waals surface area contributed by atoms with Crippen LogP contribution in [-0.2, 0) is 0 Å². The van der Waals surface area contributed by atoms with Crippen molar-refractivity contribution < 1.29 is 19.8 Å². The molecule has 58 valence electrons. The molecule has 0 unspecified atom stereocenters. The Morgan fingerprint density at radius 3 is 1.33 bits per heavy atom. The molecule has 0 amide bonds. The van der Waals surface area contributed by atoms with Gasteiger partial charge in [0.1, 0.15) is 0 Å². The first kappa shape index (κ1) is 12.0. The van der Waals surface area contributed by atoms with E-state index >= 15 is 0 Å². The molecular weight excluding hydrogens is 143 g/mol. The predicted molar refractivity (Wildman–Crippen MR) is 35.5 cm³/mol. The van der Waals surface area contributed by atoms with Crippen molar-refractivity contribution in [3.05, 3.63) is 0 Å². The number of hydrogen-bond donors (Lipinski definition) is 4. The van der Waals surface area contributed by atoms with Crippen LogP contribution < -0.4 is 0 Å². The molecule has 0 aromatic carbocycles. The smallest absolute Gasteiger partial charge is 0.324 e. The lowest BCUT2D eigenvalue weighted by atomic mass is 10.2. The molecule has 0 aromatic rings. The Morgan fingerprint density at radius 2 is 1.33 bits per heavy atom. The fourth-order valence-electron chi connectivity index (χ4n) is 0. The van der Waals surface area contributed by atoms with E-state index in [0.717, 1.165) is 0 Å². The second-order valence-electron chi connectivity index (χ2n) is 1.84. The number of rotatable bonds is 1. The van der Waals surface area contributed by atoms with E-state index in [4.69, 9.17) is 19.8 Å². The zero-order valence-corrected chi connectivity index (χ0v) is 6.41. The van der Waals surface area contributed by atoms with Gasteiger partial charge in [-0.2, -0.15) is 0 Å². The van der Waals surface area contributed by atoms with E-state index in [9.17, 15) is 0 Å². The maximum Gasteiger partial charge on any atom is 0.324 e. The quantitative estimate of drug-likeness (QED) is 0.397. The van der Waals surface area contributed by atoms with Crippen LogP contribution in [0, 0.1) is 5.92 Å². The van der Waals surface area contributed by atoms with Crippen LogP contribution in [0.4, 0.5) is 0 Å². The lowest BCUT2D eigenvalue weighted by Crippen LogP contribution is -1.90. The molecule has 0 atom stereocenters. The fraction of sp³-hybridized carbons (Fsp3) is 1.00. The monoisotopic (exact) mass is 156 g/mol. The average molecular weight is 156 g/mol. The van der Waals surface area contributed by atoms with E-state index in [1.807, 2.05) is 13.8 Å². The molecule has 5 heteroatoms. The molecule has 4 nitrogen and oxygen atoms in total. The van der Waals surface area contributed by atoms with Gasteiger partial charge < -0.3 is 19.8 Å². The van der Waals surface area contributed by atoms with Crippen LogP contribution in [0.1, 0.15) is 13.8 Å². The summed E-state index contributed by atoms with van der Waals surface area (Å²) in [5.74, 6) is 0.440. The molecule has 0 spiro atoms. The van der Waals surface area contributed by atoms with E-state index in [1.54, 1.807) is 0 Å². The lowest BCUT2D eigenvalue weighted by Gasteiger charge is -1.90. The molecule has 0 aliphatic rings. The van der Waals surface area contributed by atoms with Crippen molar-refractivity contribution in [2.24, 2.45) is 5.92 Å². The zero-order chi connectivity index (χ0) is 7.86. The number of aliphatic hydroxyl groups is 1. The predicted octanol–water partition coefficient (Wildman–Crippen LogP) is -0.175. The molecular formula is C4H13O4P. The van der Waals surface area contributed by atoms with Gasteiger partial charge in [0.25, 0.3) is 0 Å². The van der Waals surface area contributed by atoms with Crippen LogP contribution in [0.5, 0.6) is 0 Å². The third kappa shape index (κ3) is 63.1. The Morgan fingerprint density at radius 1 is 1.22 bits per heavy atom. The first-order chi connectivity index (χ1) is 4.00. The second-order valence-corrected chi connectivity index (χ2v) is 2.38. The van der Waals surface area contributed by atoms with Crippen molar-refractivity contribution in [2.75, 3.05) is 6.61 Å². The topological polar surface area (TPSA) is 80.9 Å². The molecule has 4 N–H and O–H groups in total. The van der Waals surface area contributed by atoms with Gasteiger partial charge >= 0.3 is 8.60 Å². The van der Waals surface area contributed by atoms with Crippen molar-refractivity contribution in [3.63, 3.8) is 0 Å². The van der Waals surface area contributed by atoms with Gasteiger partial charge in [0.15, 0.2) is 0 Å². The Hall–Kier alpha value is 0.270. The van der Waals surface area contributed by atoms with Crippen LogP contribution in [0.3, 0.4) is 0 Å². The first-order valence-corrected chi connectivity index (χ1v) is 3.68. The minimum atomic E-state index is -2.62. The molecule has 0 bridgehead atoms. The summed E-state index contributed by atoms with van der Waals surface area (Å²) < 4.78 is 0. The highest BCUT2D eigenvalue weighted by atomic mass is 31.2. The van der Waals surface area contributed by atoms with Crippen LogP contribution >= 0.6 is 8.60 Å². The summed E-state index contributed by atoms with van der Waals surface area (Å²) >= 11 is 0. The molecule has 0 heterocycles. The Balaban J connectivity index is 0. The molecule has 0 fully saturated rings. The lowest BCUT2D eigenvalue weighted by molar-refractivity contribution is 0.248. The summed E-state index contributed by atoms with van der Waals surface area (Å²) in [6, 6.07) is 0. The van der Waals surface area contributed by atoms with Gasteiger partial charge in [0.2, 0.25) is 0 Å². The van der Waals surface area contributed by atoms with E-state index < -0.39 is 8.60 Å². The minimum absolute atomic E-state index is 0.306. The van der Waals surface area contributed by atoms with Crippen molar-refractivity contribution >= 4 is 8.60 Å². The van der Waals surface area contributed by atoms with Gasteiger partial charge in [-0.05, 0) is 5.92 Å².